The number of carbonyl (C=O) groups is 1. The fourth-order valence-electron chi connectivity index (χ4n) is 3.28. The Hall–Kier alpha value is -1.40. The maximum Gasteiger partial charge on any atom is 0.271 e. The van der Waals surface area contributed by atoms with Crippen molar-refractivity contribution in [2.75, 3.05) is 19.6 Å². The molecule has 0 aromatic carbocycles. The van der Waals surface area contributed by atoms with Gasteiger partial charge in [-0.1, -0.05) is 0 Å². The normalized spacial score (nSPS) is 28.1. The average Bonchev–Trinajstić information content (AvgIpc) is 3.15. The Morgan fingerprint density at radius 3 is 3.05 bits per heavy atom. The van der Waals surface area contributed by atoms with Crippen molar-refractivity contribution < 1.29 is 4.79 Å². The Morgan fingerprint density at radius 1 is 1.40 bits per heavy atom. The van der Waals surface area contributed by atoms with Gasteiger partial charge in [0.1, 0.15) is 5.69 Å². The molecule has 2 aliphatic rings. The van der Waals surface area contributed by atoms with Crippen LogP contribution in [-0.2, 0) is 0 Å². The van der Waals surface area contributed by atoms with Crippen LogP contribution in [0.2, 0.25) is 0 Å². The zero-order valence-corrected chi connectivity index (χ0v) is 12.5. The molecule has 0 saturated carbocycles. The number of nitrogens with zero attached hydrogens (tertiary/aromatic N) is 3. The van der Waals surface area contributed by atoms with Crippen molar-refractivity contribution in [1.82, 2.24) is 19.6 Å². The number of carbonyl (C=O) groups excluding carboxylic acids is 1. The number of piperidine rings is 1. The maximum atomic E-state index is 12.3. The molecular weight excluding hydrogens is 320 g/mol. The molecule has 2 saturated heterocycles. The fraction of sp³-hybridized carbons (Fsp3) is 0.429. The summed E-state index contributed by atoms with van der Waals surface area (Å²) in [5.41, 5.74) is 1.44. The summed E-state index contributed by atoms with van der Waals surface area (Å²) in [5.74, 6) is 0.534. The van der Waals surface area contributed by atoms with E-state index in [1.807, 2.05) is 16.5 Å². The van der Waals surface area contributed by atoms with E-state index in [4.69, 9.17) is 0 Å². The summed E-state index contributed by atoms with van der Waals surface area (Å²) < 4.78 is 2.85. The van der Waals surface area contributed by atoms with Crippen molar-refractivity contribution in [1.29, 1.82) is 0 Å². The predicted octanol–water partition coefficient (Wildman–Crippen LogP) is 1.53. The highest BCUT2D eigenvalue weighted by atomic mass is 79.9. The Kier molecular flexibility index (Phi) is 2.82. The molecule has 2 fully saturated rings. The fourth-order valence-corrected chi connectivity index (χ4v) is 3.72. The predicted molar refractivity (Wildman–Crippen MR) is 78.7 cm³/mol. The molecule has 3 atom stereocenters. The smallest absolute Gasteiger partial charge is 0.271 e. The summed E-state index contributed by atoms with van der Waals surface area (Å²) in [7, 11) is 0. The average molecular weight is 335 g/mol. The van der Waals surface area contributed by atoms with E-state index in [0.717, 1.165) is 23.2 Å². The first-order valence-corrected chi connectivity index (χ1v) is 7.66. The molecule has 4 heterocycles. The Labute approximate surface area is 125 Å². The van der Waals surface area contributed by atoms with E-state index in [0.29, 0.717) is 11.6 Å². The van der Waals surface area contributed by atoms with Crippen molar-refractivity contribution >= 4 is 27.4 Å². The van der Waals surface area contributed by atoms with Crippen LogP contribution in [0.15, 0.2) is 29.1 Å². The van der Waals surface area contributed by atoms with Gasteiger partial charge in [0, 0.05) is 25.3 Å². The minimum Gasteiger partial charge on any atom is -0.346 e. The highest BCUT2D eigenvalue weighted by molar-refractivity contribution is 9.10. The molecular formula is C14H15BrN4O. The second kappa shape index (κ2) is 4.56. The van der Waals surface area contributed by atoms with Crippen LogP contribution in [0.25, 0.3) is 5.52 Å². The van der Waals surface area contributed by atoms with Gasteiger partial charge in [-0.25, -0.2) is 4.98 Å². The van der Waals surface area contributed by atoms with Gasteiger partial charge in [-0.3, -0.25) is 4.79 Å². The number of hydrogen-bond acceptors (Lipinski definition) is 3. The number of aromatic nitrogens is 2. The monoisotopic (exact) mass is 334 g/mol. The van der Waals surface area contributed by atoms with Crippen LogP contribution in [0.5, 0.6) is 0 Å². The molecule has 2 aromatic heterocycles. The minimum absolute atomic E-state index is 0.0775. The van der Waals surface area contributed by atoms with Crippen LogP contribution in [0.3, 0.4) is 0 Å². The number of hydrogen-bond donors (Lipinski definition) is 1. The topological polar surface area (TPSA) is 49.6 Å². The molecule has 4 rings (SSSR count). The number of nitrogens with one attached hydrogen (secondary N) is 1. The van der Waals surface area contributed by atoms with Gasteiger partial charge < -0.3 is 14.6 Å². The van der Waals surface area contributed by atoms with Crippen molar-refractivity contribution in [2.24, 2.45) is 5.92 Å². The van der Waals surface area contributed by atoms with Crippen LogP contribution in [0.1, 0.15) is 16.9 Å². The van der Waals surface area contributed by atoms with E-state index >= 15 is 0 Å². The summed E-state index contributed by atoms with van der Waals surface area (Å²) in [5, 5.41) is 3.13. The van der Waals surface area contributed by atoms with E-state index in [1.165, 1.54) is 13.0 Å². The third-order valence-corrected chi connectivity index (χ3v) is 5.02. The highest BCUT2D eigenvalue weighted by Crippen LogP contribution is 2.27. The lowest BCUT2D eigenvalue weighted by Gasteiger charge is -2.22. The van der Waals surface area contributed by atoms with Gasteiger partial charge >= 0.3 is 0 Å². The third-order valence-electron chi connectivity index (χ3n) is 4.37. The second-order valence-corrected chi connectivity index (χ2v) is 6.42. The van der Waals surface area contributed by atoms with Gasteiger partial charge in [-0.15, -0.1) is 0 Å². The molecule has 2 bridgehead atoms. The summed E-state index contributed by atoms with van der Waals surface area (Å²) in [6, 6.07) is 4.19. The number of rotatable bonds is 2. The first kappa shape index (κ1) is 12.3. The van der Waals surface area contributed by atoms with E-state index in [2.05, 4.69) is 31.1 Å². The zero-order chi connectivity index (χ0) is 13.7. The van der Waals surface area contributed by atoms with Gasteiger partial charge in [0.05, 0.1) is 16.3 Å². The maximum absolute atomic E-state index is 12.3. The molecule has 2 aromatic rings. The molecule has 0 aliphatic carbocycles. The molecule has 6 heteroatoms. The van der Waals surface area contributed by atoms with E-state index < -0.39 is 0 Å². The van der Waals surface area contributed by atoms with Crippen molar-refractivity contribution in [3.05, 3.63) is 34.8 Å². The molecule has 1 N–H and O–H groups in total. The molecule has 104 valence electrons. The number of fused-ring (bicyclic) bond motifs is 3. The van der Waals surface area contributed by atoms with Crippen molar-refractivity contribution in [3.63, 3.8) is 0 Å². The van der Waals surface area contributed by atoms with Crippen LogP contribution in [0, 0.1) is 5.92 Å². The number of amides is 1. The molecule has 5 nitrogen and oxygen atoms in total. The lowest BCUT2D eigenvalue weighted by atomic mass is 10.00. The first-order valence-electron chi connectivity index (χ1n) is 6.86. The summed E-state index contributed by atoms with van der Waals surface area (Å²) >= 11 is 3.46. The quantitative estimate of drug-likeness (QED) is 0.906. The second-order valence-electron chi connectivity index (χ2n) is 5.61. The van der Waals surface area contributed by atoms with Crippen LogP contribution < -0.4 is 5.32 Å². The molecule has 1 amide bonds. The highest BCUT2D eigenvalue weighted by Gasteiger charge is 2.38. The Bertz CT molecular complexity index is 683. The lowest BCUT2D eigenvalue weighted by Crippen LogP contribution is -2.43. The molecule has 0 spiro atoms. The van der Waals surface area contributed by atoms with Crippen LogP contribution in [-0.4, -0.2) is 45.9 Å². The van der Waals surface area contributed by atoms with Gasteiger partial charge in [-0.05, 0) is 46.9 Å². The number of halogens is 1. The van der Waals surface area contributed by atoms with E-state index in [-0.39, 0.29) is 11.9 Å². The summed E-state index contributed by atoms with van der Waals surface area (Å²) in [6.45, 7) is 3.28. The Morgan fingerprint density at radius 2 is 2.30 bits per heavy atom. The summed E-state index contributed by atoms with van der Waals surface area (Å²) in [6.07, 6.45) is 4.70. The SMILES string of the molecule is O=C(NC1CN2CC[C@H]1C2)c1cn2c(Br)ccc2cn1. The molecule has 2 unspecified atom stereocenters. The molecule has 0 radical (unpaired) electrons. The van der Waals surface area contributed by atoms with Gasteiger partial charge in [0.15, 0.2) is 0 Å². The van der Waals surface area contributed by atoms with Crippen LogP contribution >= 0.6 is 15.9 Å². The van der Waals surface area contributed by atoms with Crippen molar-refractivity contribution in [2.45, 2.75) is 12.5 Å². The van der Waals surface area contributed by atoms with Gasteiger partial charge in [0.25, 0.3) is 5.91 Å². The van der Waals surface area contributed by atoms with E-state index in [1.54, 1.807) is 12.4 Å². The summed E-state index contributed by atoms with van der Waals surface area (Å²) in [4.78, 5) is 19.0. The molecule has 20 heavy (non-hydrogen) atoms. The largest absolute Gasteiger partial charge is 0.346 e. The lowest BCUT2D eigenvalue weighted by molar-refractivity contribution is 0.0919. The van der Waals surface area contributed by atoms with Gasteiger partial charge in [0.2, 0.25) is 0 Å². The van der Waals surface area contributed by atoms with Gasteiger partial charge in [-0.2, -0.15) is 0 Å². The minimum atomic E-state index is -0.0775. The van der Waals surface area contributed by atoms with E-state index in [9.17, 15) is 4.79 Å². The zero-order valence-electron chi connectivity index (χ0n) is 10.9. The third kappa shape index (κ3) is 1.94. The molecule has 2 aliphatic heterocycles. The Balaban J connectivity index is 1.56. The van der Waals surface area contributed by atoms with Crippen molar-refractivity contribution in [3.8, 4) is 0 Å². The first-order chi connectivity index (χ1) is 9.70. The standard InChI is InChI=1S/C14H15BrN4O/c15-13-2-1-10-5-16-12(8-19(10)13)14(20)17-11-7-18-4-3-9(11)6-18/h1-2,5,8-9,11H,3-4,6-7H2,(H,17,20)/t9-,11?/m0/s1. The van der Waals surface area contributed by atoms with Crippen LogP contribution in [0.4, 0.5) is 0 Å².